The van der Waals surface area contributed by atoms with Gasteiger partial charge in [-0.3, -0.25) is 9.88 Å². The molecule has 0 aliphatic carbocycles. The Labute approximate surface area is 102 Å². The fraction of sp³-hybridized carbons (Fsp3) is 0.538. The predicted molar refractivity (Wildman–Crippen MR) is 67.1 cm³/mol. The van der Waals surface area contributed by atoms with Crippen molar-refractivity contribution in [2.24, 2.45) is 0 Å². The number of rotatable bonds is 7. The molecule has 0 atom stereocenters. The van der Waals surface area contributed by atoms with E-state index >= 15 is 0 Å². The molecular weight excluding hydrogens is 216 g/mol. The van der Waals surface area contributed by atoms with Crippen molar-refractivity contribution in [2.75, 3.05) is 13.1 Å². The van der Waals surface area contributed by atoms with Gasteiger partial charge in [-0.2, -0.15) is 0 Å². The van der Waals surface area contributed by atoms with Crippen LogP contribution in [0.25, 0.3) is 0 Å². The Morgan fingerprint density at radius 1 is 1.35 bits per heavy atom. The number of hydrogen-bond donors (Lipinski definition) is 1. The van der Waals surface area contributed by atoms with Crippen molar-refractivity contribution < 1.29 is 9.90 Å². The second-order valence-electron chi connectivity index (χ2n) is 4.08. The van der Waals surface area contributed by atoms with E-state index in [0.29, 0.717) is 17.8 Å². The zero-order valence-electron chi connectivity index (χ0n) is 10.5. The predicted octanol–water partition coefficient (Wildman–Crippen LogP) is 2.40. The Morgan fingerprint density at radius 2 is 2.00 bits per heavy atom. The first-order valence-electron chi connectivity index (χ1n) is 6.08. The van der Waals surface area contributed by atoms with Crippen molar-refractivity contribution in [3.63, 3.8) is 0 Å². The van der Waals surface area contributed by atoms with Gasteiger partial charge in [0.1, 0.15) is 0 Å². The molecule has 1 aromatic heterocycles. The van der Waals surface area contributed by atoms with Gasteiger partial charge >= 0.3 is 5.97 Å². The molecule has 0 saturated carbocycles. The molecular formula is C13H20N2O2. The van der Waals surface area contributed by atoms with Crippen molar-refractivity contribution in [1.29, 1.82) is 0 Å². The molecule has 4 heteroatoms. The Balaban J connectivity index is 2.80. The molecule has 1 heterocycles. The van der Waals surface area contributed by atoms with Gasteiger partial charge in [0.25, 0.3) is 0 Å². The largest absolute Gasteiger partial charge is 0.478 e. The first-order valence-corrected chi connectivity index (χ1v) is 6.08. The topological polar surface area (TPSA) is 53.4 Å². The standard InChI is InChI=1S/C13H20N2O2/c1-3-8-15(9-4-2)10-12-11(13(16)17)6-5-7-14-12/h5-7H,3-4,8-10H2,1-2H3,(H,16,17). The number of carboxylic acid groups (broad SMARTS) is 1. The molecule has 0 fully saturated rings. The summed E-state index contributed by atoms with van der Waals surface area (Å²) in [7, 11) is 0. The SMILES string of the molecule is CCCN(CCC)Cc1ncccc1C(=O)O. The molecule has 0 saturated heterocycles. The van der Waals surface area contributed by atoms with Crippen LogP contribution in [0.15, 0.2) is 18.3 Å². The van der Waals surface area contributed by atoms with E-state index in [0.717, 1.165) is 25.9 Å². The summed E-state index contributed by atoms with van der Waals surface area (Å²) in [6.45, 7) is 6.81. The average molecular weight is 236 g/mol. The summed E-state index contributed by atoms with van der Waals surface area (Å²) < 4.78 is 0. The van der Waals surface area contributed by atoms with E-state index in [2.05, 4.69) is 23.7 Å². The van der Waals surface area contributed by atoms with Crippen LogP contribution >= 0.6 is 0 Å². The van der Waals surface area contributed by atoms with Crippen LogP contribution in [0.1, 0.15) is 42.7 Å². The number of nitrogens with zero attached hydrogens (tertiary/aromatic N) is 2. The van der Waals surface area contributed by atoms with Crippen molar-refractivity contribution in [1.82, 2.24) is 9.88 Å². The van der Waals surface area contributed by atoms with Gasteiger partial charge in [-0.25, -0.2) is 4.79 Å². The molecule has 1 rings (SSSR count). The molecule has 0 aromatic carbocycles. The van der Waals surface area contributed by atoms with Crippen molar-refractivity contribution in [2.45, 2.75) is 33.2 Å². The van der Waals surface area contributed by atoms with E-state index in [1.807, 2.05) is 0 Å². The lowest BCUT2D eigenvalue weighted by Crippen LogP contribution is -2.26. The summed E-state index contributed by atoms with van der Waals surface area (Å²) in [6.07, 6.45) is 3.78. The highest BCUT2D eigenvalue weighted by atomic mass is 16.4. The van der Waals surface area contributed by atoms with E-state index < -0.39 is 5.97 Å². The van der Waals surface area contributed by atoms with Crippen LogP contribution in [0, 0.1) is 0 Å². The molecule has 0 spiro atoms. The van der Waals surface area contributed by atoms with E-state index in [-0.39, 0.29) is 0 Å². The first kappa shape index (κ1) is 13.6. The minimum absolute atomic E-state index is 0.310. The highest BCUT2D eigenvalue weighted by Crippen LogP contribution is 2.09. The minimum Gasteiger partial charge on any atom is -0.478 e. The highest BCUT2D eigenvalue weighted by Gasteiger charge is 2.13. The maximum Gasteiger partial charge on any atom is 0.337 e. The van der Waals surface area contributed by atoms with E-state index in [1.54, 1.807) is 18.3 Å². The third-order valence-electron chi connectivity index (χ3n) is 2.57. The number of aromatic nitrogens is 1. The number of pyridine rings is 1. The van der Waals surface area contributed by atoms with Crippen LogP contribution in [0.3, 0.4) is 0 Å². The smallest absolute Gasteiger partial charge is 0.337 e. The van der Waals surface area contributed by atoms with Crippen LogP contribution < -0.4 is 0 Å². The van der Waals surface area contributed by atoms with Crippen LogP contribution in [0.4, 0.5) is 0 Å². The second-order valence-corrected chi connectivity index (χ2v) is 4.08. The zero-order chi connectivity index (χ0) is 12.7. The summed E-state index contributed by atoms with van der Waals surface area (Å²) in [5.74, 6) is -0.902. The fourth-order valence-electron chi connectivity index (χ4n) is 1.87. The molecule has 17 heavy (non-hydrogen) atoms. The van der Waals surface area contributed by atoms with E-state index in [1.165, 1.54) is 0 Å². The molecule has 94 valence electrons. The molecule has 1 N–H and O–H groups in total. The van der Waals surface area contributed by atoms with Gasteiger partial charge in [0.15, 0.2) is 0 Å². The van der Waals surface area contributed by atoms with Crippen molar-refractivity contribution in [3.8, 4) is 0 Å². The molecule has 1 aromatic rings. The Morgan fingerprint density at radius 3 is 2.53 bits per heavy atom. The average Bonchev–Trinajstić information content (AvgIpc) is 2.30. The third-order valence-corrected chi connectivity index (χ3v) is 2.57. The molecule has 0 aliphatic rings. The maximum absolute atomic E-state index is 11.1. The van der Waals surface area contributed by atoms with E-state index in [9.17, 15) is 4.79 Å². The van der Waals surface area contributed by atoms with E-state index in [4.69, 9.17) is 5.11 Å². The minimum atomic E-state index is -0.902. The summed E-state index contributed by atoms with van der Waals surface area (Å²) in [4.78, 5) is 17.5. The van der Waals surface area contributed by atoms with Gasteiger partial charge in [0.05, 0.1) is 11.3 Å². The molecule has 4 nitrogen and oxygen atoms in total. The third kappa shape index (κ3) is 4.15. The monoisotopic (exact) mass is 236 g/mol. The second kappa shape index (κ2) is 7.01. The summed E-state index contributed by atoms with van der Waals surface area (Å²) in [5, 5.41) is 9.08. The maximum atomic E-state index is 11.1. The summed E-state index contributed by atoms with van der Waals surface area (Å²) in [5.41, 5.74) is 0.964. The summed E-state index contributed by atoms with van der Waals surface area (Å²) in [6, 6.07) is 3.28. The molecule has 0 radical (unpaired) electrons. The first-order chi connectivity index (χ1) is 8.19. The number of carboxylic acids is 1. The fourth-order valence-corrected chi connectivity index (χ4v) is 1.87. The summed E-state index contributed by atoms with van der Waals surface area (Å²) >= 11 is 0. The highest BCUT2D eigenvalue weighted by molar-refractivity contribution is 5.88. The van der Waals surface area contributed by atoms with Gasteiger partial charge in [-0.05, 0) is 38.1 Å². The van der Waals surface area contributed by atoms with Crippen LogP contribution in [-0.2, 0) is 6.54 Å². The van der Waals surface area contributed by atoms with Gasteiger partial charge in [0, 0.05) is 12.7 Å². The normalized spacial score (nSPS) is 10.8. The molecule has 0 bridgehead atoms. The number of hydrogen-bond acceptors (Lipinski definition) is 3. The van der Waals surface area contributed by atoms with Crippen LogP contribution in [-0.4, -0.2) is 34.0 Å². The molecule has 0 amide bonds. The lowest BCUT2D eigenvalue weighted by atomic mass is 10.2. The quantitative estimate of drug-likeness (QED) is 0.789. The van der Waals surface area contributed by atoms with Crippen molar-refractivity contribution >= 4 is 5.97 Å². The number of aromatic carboxylic acids is 1. The lowest BCUT2D eigenvalue weighted by molar-refractivity contribution is 0.0693. The Bertz CT molecular complexity index is 360. The molecule has 0 aliphatic heterocycles. The Kier molecular flexibility index (Phi) is 5.63. The van der Waals surface area contributed by atoms with Gasteiger partial charge in [0.2, 0.25) is 0 Å². The van der Waals surface area contributed by atoms with Gasteiger partial charge in [-0.15, -0.1) is 0 Å². The molecule has 0 unspecified atom stereocenters. The number of carbonyl (C=O) groups is 1. The lowest BCUT2D eigenvalue weighted by Gasteiger charge is -2.21. The van der Waals surface area contributed by atoms with Gasteiger partial charge < -0.3 is 5.11 Å². The van der Waals surface area contributed by atoms with Crippen LogP contribution in [0.5, 0.6) is 0 Å². The Hall–Kier alpha value is -1.42. The van der Waals surface area contributed by atoms with Gasteiger partial charge in [-0.1, -0.05) is 13.8 Å². The van der Waals surface area contributed by atoms with Crippen LogP contribution in [0.2, 0.25) is 0 Å². The zero-order valence-corrected chi connectivity index (χ0v) is 10.5. The van der Waals surface area contributed by atoms with Crippen molar-refractivity contribution in [3.05, 3.63) is 29.6 Å².